The van der Waals surface area contributed by atoms with Crippen molar-refractivity contribution in [3.63, 3.8) is 0 Å². The van der Waals surface area contributed by atoms with Gasteiger partial charge in [-0.05, 0) is 68.9 Å². The van der Waals surface area contributed by atoms with Crippen molar-refractivity contribution in [1.82, 2.24) is 20.7 Å². The average molecular weight is 422 g/mol. The summed E-state index contributed by atoms with van der Waals surface area (Å²) < 4.78 is 0. The summed E-state index contributed by atoms with van der Waals surface area (Å²) in [5.74, 6) is 0.0945. The molecule has 0 bridgehead atoms. The molecule has 2 fully saturated rings. The summed E-state index contributed by atoms with van der Waals surface area (Å²) in [4.78, 5) is 31.8. The number of carbonyl (C=O) groups excluding carboxylic acids is 2. The van der Waals surface area contributed by atoms with Gasteiger partial charge in [-0.25, -0.2) is 10.9 Å². The first kappa shape index (κ1) is 21.5. The number of hydrazine groups is 1. The second kappa shape index (κ2) is 9.16. The maximum absolute atomic E-state index is 13.0. The molecule has 0 saturated carbocycles. The SMILES string of the molecule is Cc1cc(C)c(NC(=O)C2CCN(C(=O)C3CC(c4ccncc4)NN3)CC2)c(C)c1. The highest BCUT2D eigenvalue weighted by Gasteiger charge is 2.35. The largest absolute Gasteiger partial charge is 0.341 e. The fourth-order valence-electron chi connectivity index (χ4n) is 4.72. The van der Waals surface area contributed by atoms with Gasteiger partial charge in [0, 0.05) is 43.1 Å². The third-order valence-corrected chi connectivity index (χ3v) is 6.41. The Kier molecular flexibility index (Phi) is 6.34. The van der Waals surface area contributed by atoms with Gasteiger partial charge in [-0.3, -0.25) is 14.6 Å². The fourth-order valence-corrected chi connectivity index (χ4v) is 4.72. The zero-order valence-electron chi connectivity index (χ0n) is 18.4. The number of aromatic nitrogens is 1. The van der Waals surface area contributed by atoms with Crippen LogP contribution in [0, 0.1) is 26.7 Å². The Labute approximate surface area is 183 Å². The van der Waals surface area contributed by atoms with E-state index in [9.17, 15) is 9.59 Å². The van der Waals surface area contributed by atoms with E-state index in [2.05, 4.69) is 40.2 Å². The van der Waals surface area contributed by atoms with E-state index in [1.165, 1.54) is 5.56 Å². The summed E-state index contributed by atoms with van der Waals surface area (Å²) in [5.41, 5.74) is 11.8. The van der Waals surface area contributed by atoms with E-state index >= 15 is 0 Å². The number of likely N-dealkylation sites (tertiary alicyclic amines) is 1. The van der Waals surface area contributed by atoms with Gasteiger partial charge >= 0.3 is 0 Å². The van der Waals surface area contributed by atoms with E-state index in [1.54, 1.807) is 12.4 Å². The number of carbonyl (C=O) groups is 2. The minimum Gasteiger partial charge on any atom is -0.341 e. The molecule has 3 heterocycles. The number of pyridine rings is 1. The molecule has 4 rings (SSSR count). The predicted octanol–water partition coefficient (Wildman–Crippen LogP) is 2.79. The van der Waals surface area contributed by atoms with Gasteiger partial charge in [0.05, 0.1) is 0 Å². The molecule has 3 N–H and O–H groups in total. The molecule has 7 nitrogen and oxygen atoms in total. The van der Waals surface area contributed by atoms with Crippen LogP contribution in [0.5, 0.6) is 0 Å². The van der Waals surface area contributed by atoms with Crippen LogP contribution in [0.1, 0.15) is 47.6 Å². The Balaban J connectivity index is 1.30. The summed E-state index contributed by atoms with van der Waals surface area (Å²) in [6.07, 6.45) is 5.61. The van der Waals surface area contributed by atoms with E-state index in [-0.39, 0.29) is 29.8 Å². The first-order valence-electron chi connectivity index (χ1n) is 11.0. The molecule has 2 aliphatic heterocycles. The van der Waals surface area contributed by atoms with Gasteiger partial charge in [0.15, 0.2) is 0 Å². The van der Waals surface area contributed by atoms with Crippen LogP contribution in [-0.4, -0.2) is 40.8 Å². The van der Waals surface area contributed by atoms with Gasteiger partial charge in [0.25, 0.3) is 0 Å². The topological polar surface area (TPSA) is 86.4 Å². The van der Waals surface area contributed by atoms with Gasteiger partial charge in [-0.15, -0.1) is 0 Å². The molecule has 2 unspecified atom stereocenters. The number of amides is 2. The average Bonchev–Trinajstić information content (AvgIpc) is 3.26. The van der Waals surface area contributed by atoms with Crippen LogP contribution in [0.2, 0.25) is 0 Å². The smallest absolute Gasteiger partial charge is 0.241 e. The summed E-state index contributed by atoms with van der Waals surface area (Å²) >= 11 is 0. The Morgan fingerprint density at radius 2 is 1.68 bits per heavy atom. The molecule has 2 atom stereocenters. The molecule has 0 aliphatic carbocycles. The van der Waals surface area contributed by atoms with Crippen molar-refractivity contribution in [2.24, 2.45) is 5.92 Å². The van der Waals surface area contributed by atoms with E-state index in [1.807, 2.05) is 30.9 Å². The number of hydrogen-bond acceptors (Lipinski definition) is 5. The van der Waals surface area contributed by atoms with Crippen molar-refractivity contribution in [2.75, 3.05) is 18.4 Å². The molecule has 31 heavy (non-hydrogen) atoms. The van der Waals surface area contributed by atoms with Crippen LogP contribution < -0.4 is 16.2 Å². The lowest BCUT2D eigenvalue weighted by Crippen LogP contribution is -2.49. The molecule has 2 saturated heterocycles. The van der Waals surface area contributed by atoms with Crippen molar-refractivity contribution in [3.8, 4) is 0 Å². The van der Waals surface area contributed by atoms with Crippen molar-refractivity contribution < 1.29 is 9.59 Å². The summed E-state index contributed by atoms with van der Waals surface area (Å²) in [7, 11) is 0. The van der Waals surface area contributed by atoms with Crippen LogP contribution >= 0.6 is 0 Å². The highest BCUT2D eigenvalue weighted by Crippen LogP contribution is 2.27. The molecular formula is C24H31N5O2. The van der Waals surface area contributed by atoms with Crippen LogP contribution in [-0.2, 0) is 9.59 Å². The maximum atomic E-state index is 13.0. The standard InChI is InChI=1S/C24H31N5O2/c1-15-12-16(2)22(17(3)13-15)26-23(30)19-6-10-29(11-7-19)24(31)21-14-20(27-28-21)18-4-8-25-9-5-18/h4-5,8-9,12-13,19-21,27-28H,6-7,10-11,14H2,1-3H3,(H,26,30). The van der Waals surface area contributed by atoms with E-state index in [0.717, 1.165) is 22.4 Å². The maximum Gasteiger partial charge on any atom is 0.241 e. The van der Waals surface area contributed by atoms with Crippen LogP contribution in [0.25, 0.3) is 0 Å². The lowest BCUT2D eigenvalue weighted by atomic mass is 9.94. The Hall–Kier alpha value is -2.77. The first-order chi connectivity index (χ1) is 14.9. The first-order valence-corrected chi connectivity index (χ1v) is 11.0. The predicted molar refractivity (Wildman–Crippen MR) is 120 cm³/mol. The summed E-state index contributed by atoms with van der Waals surface area (Å²) in [6.45, 7) is 7.34. The molecule has 2 amide bonds. The van der Waals surface area contributed by atoms with Gasteiger partial charge in [-0.1, -0.05) is 17.7 Å². The van der Waals surface area contributed by atoms with Gasteiger partial charge in [0.1, 0.15) is 6.04 Å². The number of anilines is 1. The number of nitrogens with one attached hydrogen (secondary N) is 3. The number of rotatable bonds is 4. The lowest BCUT2D eigenvalue weighted by molar-refractivity contribution is -0.136. The number of nitrogens with zero attached hydrogens (tertiary/aromatic N) is 2. The monoisotopic (exact) mass is 421 g/mol. The molecule has 0 radical (unpaired) electrons. The highest BCUT2D eigenvalue weighted by molar-refractivity contribution is 5.94. The Bertz CT molecular complexity index is 931. The van der Waals surface area contributed by atoms with E-state index in [0.29, 0.717) is 32.4 Å². The second-order valence-electron chi connectivity index (χ2n) is 8.77. The molecule has 0 spiro atoms. The molecule has 2 aliphatic rings. The Morgan fingerprint density at radius 3 is 2.32 bits per heavy atom. The molecule has 7 heteroatoms. The fraction of sp³-hybridized carbons (Fsp3) is 0.458. The molecule has 1 aromatic heterocycles. The summed E-state index contributed by atoms with van der Waals surface area (Å²) in [6, 6.07) is 7.96. The highest BCUT2D eigenvalue weighted by atomic mass is 16.2. The van der Waals surface area contributed by atoms with Crippen molar-refractivity contribution in [3.05, 3.63) is 58.9 Å². The second-order valence-corrected chi connectivity index (χ2v) is 8.77. The molecule has 2 aromatic rings. The third kappa shape index (κ3) is 4.78. The zero-order valence-corrected chi connectivity index (χ0v) is 18.4. The van der Waals surface area contributed by atoms with Crippen molar-refractivity contribution in [1.29, 1.82) is 0 Å². The molecule has 164 valence electrons. The molecule has 1 aromatic carbocycles. The number of aryl methyl sites for hydroxylation is 3. The molecular weight excluding hydrogens is 390 g/mol. The van der Waals surface area contributed by atoms with Crippen molar-refractivity contribution >= 4 is 17.5 Å². The minimum atomic E-state index is -0.249. The van der Waals surface area contributed by atoms with Gasteiger partial charge < -0.3 is 10.2 Å². The van der Waals surface area contributed by atoms with Crippen LogP contribution in [0.3, 0.4) is 0 Å². The normalized spacial score (nSPS) is 21.8. The zero-order chi connectivity index (χ0) is 22.0. The van der Waals surface area contributed by atoms with Crippen LogP contribution in [0.15, 0.2) is 36.7 Å². The third-order valence-electron chi connectivity index (χ3n) is 6.41. The van der Waals surface area contributed by atoms with Gasteiger partial charge in [-0.2, -0.15) is 0 Å². The summed E-state index contributed by atoms with van der Waals surface area (Å²) in [5, 5.41) is 3.13. The number of benzene rings is 1. The minimum absolute atomic E-state index is 0.0561. The van der Waals surface area contributed by atoms with E-state index < -0.39 is 0 Å². The number of piperidine rings is 1. The van der Waals surface area contributed by atoms with Gasteiger partial charge in [0.2, 0.25) is 11.8 Å². The quantitative estimate of drug-likeness (QED) is 0.707. The lowest BCUT2D eigenvalue weighted by Gasteiger charge is -2.33. The van der Waals surface area contributed by atoms with Crippen LogP contribution in [0.4, 0.5) is 5.69 Å². The number of hydrogen-bond donors (Lipinski definition) is 3. The van der Waals surface area contributed by atoms with Crippen molar-refractivity contribution in [2.45, 2.75) is 52.1 Å². The van der Waals surface area contributed by atoms with E-state index in [4.69, 9.17) is 0 Å². The Morgan fingerprint density at radius 1 is 1.03 bits per heavy atom.